The summed E-state index contributed by atoms with van der Waals surface area (Å²) in [5.74, 6) is 0. The third kappa shape index (κ3) is 1.52. The van der Waals surface area contributed by atoms with Gasteiger partial charge in [0.05, 0.1) is 6.61 Å². The van der Waals surface area contributed by atoms with Gasteiger partial charge in [0.2, 0.25) is 0 Å². The number of carbonyl (C=O) groups is 1. The van der Waals surface area contributed by atoms with Crippen molar-refractivity contribution in [2.75, 3.05) is 0 Å². The van der Waals surface area contributed by atoms with E-state index in [0.717, 1.165) is 22.6 Å². The minimum Gasteiger partial charge on any atom is -0.392 e. The van der Waals surface area contributed by atoms with E-state index < -0.39 is 0 Å². The Morgan fingerprint density at radius 2 is 1.86 bits per heavy atom. The number of aldehydes is 1. The van der Waals surface area contributed by atoms with Crippen molar-refractivity contribution in [3.8, 4) is 0 Å². The van der Waals surface area contributed by atoms with Crippen molar-refractivity contribution >= 4 is 17.1 Å². The van der Waals surface area contributed by atoms with Crippen LogP contribution in [-0.4, -0.2) is 11.4 Å². The van der Waals surface area contributed by atoms with E-state index in [9.17, 15) is 4.79 Å². The quantitative estimate of drug-likeness (QED) is 0.729. The SMILES string of the molecule is O=Cc1ccc2ccc(CO)cc2c1. The number of hydrogen-bond donors (Lipinski definition) is 1. The molecule has 0 saturated carbocycles. The molecule has 2 rings (SSSR count). The minimum absolute atomic E-state index is 0.0290. The summed E-state index contributed by atoms with van der Waals surface area (Å²) >= 11 is 0. The van der Waals surface area contributed by atoms with Gasteiger partial charge in [0, 0.05) is 5.56 Å². The van der Waals surface area contributed by atoms with Crippen molar-refractivity contribution in [1.29, 1.82) is 0 Å². The van der Waals surface area contributed by atoms with E-state index in [0.29, 0.717) is 5.56 Å². The summed E-state index contributed by atoms with van der Waals surface area (Å²) in [6.45, 7) is 0.0290. The summed E-state index contributed by atoms with van der Waals surface area (Å²) in [4.78, 5) is 10.6. The number of aliphatic hydroxyl groups excluding tert-OH is 1. The van der Waals surface area contributed by atoms with Crippen molar-refractivity contribution in [2.24, 2.45) is 0 Å². The summed E-state index contributed by atoms with van der Waals surface area (Å²) in [7, 11) is 0. The second-order valence-corrected chi connectivity index (χ2v) is 3.22. The normalized spacial score (nSPS) is 10.4. The molecule has 0 radical (unpaired) electrons. The van der Waals surface area contributed by atoms with E-state index in [-0.39, 0.29) is 6.61 Å². The average molecular weight is 186 g/mol. The maximum Gasteiger partial charge on any atom is 0.150 e. The van der Waals surface area contributed by atoms with Crippen LogP contribution in [0.5, 0.6) is 0 Å². The molecule has 0 aliphatic carbocycles. The van der Waals surface area contributed by atoms with Crippen LogP contribution in [0.15, 0.2) is 36.4 Å². The maximum absolute atomic E-state index is 10.6. The molecule has 0 atom stereocenters. The fraction of sp³-hybridized carbons (Fsp3) is 0.0833. The molecule has 0 fully saturated rings. The third-order valence-electron chi connectivity index (χ3n) is 2.25. The Labute approximate surface area is 81.8 Å². The van der Waals surface area contributed by atoms with Crippen molar-refractivity contribution in [2.45, 2.75) is 6.61 Å². The molecule has 1 N–H and O–H groups in total. The first kappa shape index (κ1) is 8.91. The van der Waals surface area contributed by atoms with Gasteiger partial charge in [-0.3, -0.25) is 4.79 Å². The lowest BCUT2D eigenvalue weighted by Crippen LogP contribution is -1.84. The Morgan fingerprint density at radius 3 is 2.57 bits per heavy atom. The largest absolute Gasteiger partial charge is 0.392 e. The number of carbonyl (C=O) groups excluding carboxylic acids is 1. The van der Waals surface area contributed by atoms with Crippen molar-refractivity contribution in [3.63, 3.8) is 0 Å². The van der Waals surface area contributed by atoms with Gasteiger partial charge in [-0.1, -0.05) is 24.3 Å². The van der Waals surface area contributed by atoms with Gasteiger partial charge in [-0.25, -0.2) is 0 Å². The van der Waals surface area contributed by atoms with Crippen LogP contribution in [0.2, 0.25) is 0 Å². The Bertz CT molecular complexity index is 475. The number of hydrogen-bond acceptors (Lipinski definition) is 2. The maximum atomic E-state index is 10.6. The smallest absolute Gasteiger partial charge is 0.150 e. The number of fused-ring (bicyclic) bond motifs is 1. The first-order valence-electron chi connectivity index (χ1n) is 4.42. The van der Waals surface area contributed by atoms with Crippen LogP contribution in [0.3, 0.4) is 0 Å². The van der Waals surface area contributed by atoms with Crippen LogP contribution in [0.4, 0.5) is 0 Å². The fourth-order valence-electron chi connectivity index (χ4n) is 1.49. The van der Waals surface area contributed by atoms with E-state index >= 15 is 0 Å². The first-order chi connectivity index (χ1) is 6.83. The molecule has 2 heteroatoms. The topological polar surface area (TPSA) is 37.3 Å². The highest BCUT2D eigenvalue weighted by atomic mass is 16.3. The molecule has 0 saturated heterocycles. The summed E-state index contributed by atoms with van der Waals surface area (Å²) in [5, 5.41) is 11.0. The lowest BCUT2D eigenvalue weighted by Gasteiger charge is -2.01. The van der Waals surface area contributed by atoms with Gasteiger partial charge in [0.15, 0.2) is 0 Å². The molecule has 0 bridgehead atoms. The lowest BCUT2D eigenvalue weighted by molar-refractivity contribution is 0.112. The summed E-state index contributed by atoms with van der Waals surface area (Å²) in [6.07, 6.45) is 0.824. The Balaban J connectivity index is 2.65. The van der Waals surface area contributed by atoms with E-state index in [2.05, 4.69) is 0 Å². The van der Waals surface area contributed by atoms with Crippen LogP contribution in [0.25, 0.3) is 10.8 Å². The van der Waals surface area contributed by atoms with Crippen LogP contribution in [0, 0.1) is 0 Å². The molecule has 2 nitrogen and oxygen atoms in total. The number of aliphatic hydroxyl groups is 1. The van der Waals surface area contributed by atoms with Gasteiger partial charge in [0.1, 0.15) is 6.29 Å². The van der Waals surface area contributed by atoms with Gasteiger partial charge in [-0.15, -0.1) is 0 Å². The fourth-order valence-corrected chi connectivity index (χ4v) is 1.49. The predicted molar refractivity (Wildman–Crippen MR) is 55.3 cm³/mol. The lowest BCUT2D eigenvalue weighted by atomic mass is 10.1. The summed E-state index contributed by atoms with van der Waals surface area (Å²) in [6, 6.07) is 11.2. The number of benzene rings is 2. The van der Waals surface area contributed by atoms with Gasteiger partial charge in [-0.2, -0.15) is 0 Å². The van der Waals surface area contributed by atoms with E-state index in [1.165, 1.54) is 0 Å². The van der Waals surface area contributed by atoms with E-state index in [4.69, 9.17) is 5.11 Å². The monoisotopic (exact) mass is 186 g/mol. The summed E-state index contributed by atoms with van der Waals surface area (Å²) in [5.41, 5.74) is 1.52. The second kappa shape index (κ2) is 3.60. The Hall–Kier alpha value is -1.67. The molecular weight excluding hydrogens is 176 g/mol. The summed E-state index contributed by atoms with van der Waals surface area (Å²) < 4.78 is 0. The second-order valence-electron chi connectivity index (χ2n) is 3.22. The molecule has 0 aromatic heterocycles. The molecule has 2 aromatic carbocycles. The van der Waals surface area contributed by atoms with Gasteiger partial charge < -0.3 is 5.11 Å². The molecule has 0 amide bonds. The van der Waals surface area contributed by atoms with Crippen LogP contribution >= 0.6 is 0 Å². The zero-order valence-corrected chi connectivity index (χ0v) is 7.60. The van der Waals surface area contributed by atoms with Crippen LogP contribution in [-0.2, 0) is 6.61 Å². The highest BCUT2D eigenvalue weighted by Crippen LogP contribution is 2.17. The molecule has 70 valence electrons. The predicted octanol–water partition coefficient (Wildman–Crippen LogP) is 2.14. The highest BCUT2D eigenvalue weighted by Gasteiger charge is 1.97. The Morgan fingerprint density at radius 1 is 1.07 bits per heavy atom. The van der Waals surface area contributed by atoms with E-state index in [1.807, 2.05) is 30.3 Å². The molecular formula is C12H10O2. The van der Waals surface area contributed by atoms with E-state index in [1.54, 1.807) is 6.07 Å². The molecule has 0 aliphatic heterocycles. The molecule has 0 spiro atoms. The molecule has 0 heterocycles. The van der Waals surface area contributed by atoms with Crippen LogP contribution < -0.4 is 0 Å². The van der Waals surface area contributed by atoms with Gasteiger partial charge in [0.25, 0.3) is 0 Å². The van der Waals surface area contributed by atoms with Crippen molar-refractivity contribution < 1.29 is 9.90 Å². The number of rotatable bonds is 2. The van der Waals surface area contributed by atoms with Gasteiger partial charge in [-0.05, 0) is 28.5 Å². The molecule has 0 aliphatic rings. The van der Waals surface area contributed by atoms with Crippen molar-refractivity contribution in [3.05, 3.63) is 47.5 Å². The third-order valence-corrected chi connectivity index (χ3v) is 2.25. The zero-order chi connectivity index (χ0) is 9.97. The minimum atomic E-state index is 0.0290. The van der Waals surface area contributed by atoms with Crippen molar-refractivity contribution in [1.82, 2.24) is 0 Å². The van der Waals surface area contributed by atoms with Gasteiger partial charge >= 0.3 is 0 Å². The molecule has 2 aromatic rings. The first-order valence-corrected chi connectivity index (χ1v) is 4.42. The standard InChI is InChI=1S/C12H10O2/c13-7-9-1-3-11-4-2-10(8-14)6-12(11)5-9/h1-7,14H,8H2. The average Bonchev–Trinajstić information content (AvgIpc) is 2.27. The molecule has 0 unspecified atom stereocenters. The molecule has 14 heavy (non-hydrogen) atoms. The zero-order valence-electron chi connectivity index (χ0n) is 7.60. The Kier molecular flexibility index (Phi) is 2.29. The van der Waals surface area contributed by atoms with Crippen LogP contribution in [0.1, 0.15) is 15.9 Å². The highest BCUT2D eigenvalue weighted by molar-refractivity contribution is 5.89.